The van der Waals surface area contributed by atoms with Crippen LogP contribution in [0.5, 0.6) is 0 Å². The van der Waals surface area contributed by atoms with E-state index in [0.29, 0.717) is 17.5 Å². The molecule has 0 aliphatic heterocycles. The first-order valence-electron chi connectivity index (χ1n) is 5.20. The van der Waals surface area contributed by atoms with Crippen LogP contribution in [0.4, 0.5) is 0 Å². The van der Waals surface area contributed by atoms with Crippen LogP contribution in [0.1, 0.15) is 5.56 Å². The molecule has 90 valence electrons. The lowest BCUT2D eigenvalue weighted by Gasteiger charge is -2.01. The Morgan fingerprint density at radius 1 is 1.33 bits per heavy atom. The highest BCUT2D eigenvalue weighted by Crippen LogP contribution is 2.28. The molecule has 18 heavy (non-hydrogen) atoms. The van der Waals surface area contributed by atoms with Gasteiger partial charge in [-0.25, -0.2) is 4.98 Å². The number of nitrogens with zero attached hydrogens (tertiary/aromatic N) is 4. The van der Waals surface area contributed by atoms with Gasteiger partial charge in [-0.2, -0.15) is 10.1 Å². The molecule has 1 N–H and O–H groups in total. The number of hydrogen-bond acceptors (Lipinski definition) is 5. The standard InChI is InChI=1S/C11H8BrN5O/c1-6-7(3-2-4-8(6)12)11-15-10(17-18-11)9-13-5-14-16-9/h2-5H,1H3,(H,13,14,16). The van der Waals surface area contributed by atoms with Crippen LogP contribution in [-0.2, 0) is 0 Å². The number of nitrogens with one attached hydrogen (secondary N) is 1. The molecule has 0 radical (unpaired) electrons. The molecular weight excluding hydrogens is 298 g/mol. The Kier molecular flexibility index (Phi) is 2.67. The van der Waals surface area contributed by atoms with Crippen molar-refractivity contribution in [2.24, 2.45) is 0 Å². The van der Waals surface area contributed by atoms with Gasteiger partial charge in [-0.05, 0) is 24.6 Å². The maximum Gasteiger partial charge on any atom is 0.258 e. The maximum absolute atomic E-state index is 5.24. The Morgan fingerprint density at radius 2 is 2.22 bits per heavy atom. The molecule has 2 heterocycles. The fourth-order valence-corrected chi connectivity index (χ4v) is 1.95. The predicted molar refractivity (Wildman–Crippen MR) is 67.5 cm³/mol. The summed E-state index contributed by atoms with van der Waals surface area (Å²) in [6.07, 6.45) is 1.40. The zero-order valence-electron chi connectivity index (χ0n) is 9.38. The minimum atomic E-state index is 0.391. The number of rotatable bonds is 2. The molecule has 0 amide bonds. The molecule has 0 saturated carbocycles. The largest absolute Gasteiger partial charge is 0.333 e. The maximum atomic E-state index is 5.24. The number of hydrogen-bond donors (Lipinski definition) is 1. The molecule has 3 rings (SSSR count). The van der Waals surface area contributed by atoms with Crippen LogP contribution in [-0.4, -0.2) is 25.3 Å². The smallest absolute Gasteiger partial charge is 0.258 e. The van der Waals surface area contributed by atoms with Crippen molar-refractivity contribution < 1.29 is 4.52 Å². The highest BCUT2D eigenvalue weighted by atomic mass is 79.9. The summed E-state index contributed by atoms with van der Waals surface area (Å²) in [5, 5.41) is 10.3. The highest BCUT2D eigenvalue weighted by Gasteiger charge is 2.14. The monoisotopic (exact) mass is 305 g/mol. The van der Waals surface area contributed by atoms with Crippen molar-refractivity contribution in [3.8, 4) is 23.1 Å². The number of aromatic nitrogens is 5. The molecule has 3 aromatic rings. The number of halogens is 1. The summed E-state index contributed by atoms with van der Waals surface area (Å²) in [7, 11) is 0. The average Bonchev–Trinajstić information content (AvgIpc) is 3.01. The molecular formula is C11H8BrN5O. The van der Waals surface area contributed by atoms with E-state index in [0.717, 1.165) is 15.6 Å². The quantitative estimate of drug-likeness (QED) is 0.787. The third-order valence-corrected chi connectivity index (χ3v) is 3.41. The van der Waals surface area contributed by atoms with Gasteiger partial charge in [0.05, 0.1) is 0 Å². The fourth-order valence-electron chi connectivity index (χ4n) is 1.58. The van der Waals surface area contributed by atoms with Gasteiger partial charge < -0.3 is 4.52 Å². The summed E-state index contributed by atoms with van der Waals surface area (Å²) in [6, 6.07) is 5.81. The summed E-state index contributed by atoms with van der Waals surface area (Å²) in [5.41, 5.74) is 1.94. The lowest BCUT2D eigenvalue weighted by Crippen LogP contribution is -1.86. The van der Waals surface area contributed by atoms with Gasteiger partial charge in [-0.1, -0.05) is 27.2 Å². The minimum Gasteiger partial charge on any atom is -0.333 e. The van der Waals surface area contributed by atoms with E-state index in [1.54, 1.807) is 0 Å². The van der Waals surface area contributed by atoms with Crippen LogP contribution >= 0.6 is 15.9 Å². The first-order chi connectivity index (χ1) is 8.75. The van der Waals surface area contributed by atoms with Crippen LogP contribution in [0.25, 0.3) is 23.1 Å². The molecule has 0 saturated heterocycles. The fraction of sp³-hybridized carbons (Fsp3) is 0.0909. The van der Waals surface area contributed by atoms with Gasteiger partial charge in [0.15, 0.2) is 5.82 Å². The molecule has 0 atom stereocenters. The third kappa shape index (κ3) is 1.82. The van der Waals surface area contributed by atoms with Crippen LogP contribution in [0.3, 0.4) is 0 Å². The Morgan fingerprint density at radius 3 is 3.00 bits per heavy atom. The van der Waals surface area contributed by atoms with Gasteiger partial charge in [0.1, 0.15) is 6.33 Å². The molecule has 0 bridgehead atoms. The van der Waals surface area contributed by atoms with E-state index >= 15 is 0 Å². The normalized spacial score (nSPS) is 10.8. The zero-order chi connectivity index (χ0) is 12.5. The lowest BCUT2D eigenvalue weighted by molar-refractivity contribution is 0.431. The van der Waals surface area contributed by atoms with Crippen LogP contribution in [0.15, 0.2) is 33.5 Å². The van der Waals surface area contributed by atoms with Crippen LogP contribution in [0.2, 0.25) is 0 Å². The highest BCUT2D eigenvalue weighted by molar-refractivity contribution is 9.10. The molecule has 0 spiro atoms. The Labute approximate surface area is 111 Å². The van der Waals surface area contributed by atoms with Gasteiger partial charge in [0, 0.05) is 10.0 Å². The van der Waals surface area contributed by atoms with Crippen molar-refractivity contribution in [3.05, 3.63) is 34.6 Å². The van der Waals surface area contributed by atoms with E-state index in [2.05, 4.69) is 41.3 Å². The first-order valence-corrected chi connectivity index (χ1v) is 6.00. The van der Waals surface area contributed by atoms with E-state index in [1.807, 2.05) is 25.1 Å². The third-order valence-electron chi connectivity index (χ3n) is 2.55. The number of aromatic amines is 1. The van der Waals surface area contributed by atoms with E-state index in [-0.39, 0.29) is 0 Å². The van der Waals surface area contributed by atoms with Gasteiger partial charge >= 0.3 is 0 Å². The predicted octanol–water partition coefficient (Wildman–Crippen LogP) is 2.59. The van der Waals surface area contributed by atoms with E-state index < -0.39 is 0 Å². The molecule has 2 aromatic heterocycles. The van der Waals surface area contributed by atoms with Gasteiger partial charge in [-0.3, -0.25) is 5.10 Å². The van der Waals surface area contributed by atoms with Gasteiger partial charge in [-0.15, -0.1) is 0 Å². The zero-order valence-corrected chi connectivity index (χ0v) is 11.0. The van der Waals surface area contributed by atoms with Crippen molar-refractivity contribution in [3.63, 3.8) is 0 Å². The van der Waals surface area contributed by atoms with Crippen molar-refractivity contribution in [1.82, 2.24) is 25.3 Å². The molecule has 0 aliphatic rings. The topological polar surface area (TPSA) is 80.5 Å². The minimum absolute atomic E-state index is 0.391. The van der Waals surface area contributed by atoms with Crippen LogP contribution < -0.4 is 0 Å². The summed E-state index contributed by atoms with van der Waals surface area (Å²) in [4.78, 5) is 8.27. The second-order valence-electron chi connectivity index (χ2n) is 3.67. The molecule has 7 heteroatoms. The Bertz CT molecular complexity index is 677. The summed E-state index contributed by atoms with van der Waals surface area (Å²) in [6.45, 7) is 1.98. The number of benzene rings is 1. The first kappa shape index (κ1) is 11.1. The Hall–Kier alpha value is -2.02. The van der Waals surface area contributed by atoms with E-state index in [1.165, 1.54) is 6.33 Å². The Balaban J connectivity index is 2.06. The second-order valence-corrected chi connectivity index (χ2v) is 4.52. The summed E-state index contributed by atoms with van der Waals surface area (Å²) in [5.74, 6) is 1.33. The molecule has 0 fully saturated rings. The van der Waals surface area contributed by atoms with Crippen LogP contribution in [0, 0.1) is 6.92 Å². The SMILES string of the molecule is Cc1c(Br)cccc1-c1nc(-c2ncn[nH]2)no1. The molecule has 6 nitrogen and oxygen atoms in total. The molecule has 0 unspecified atom stereocenters. The molecule has 0 aliphatic carbocycles. The summed E-state index contributed by atoms with van der Waals surface area (Å²) >= 11 is 3.47. The number of H-pyrrole nitrogens is 1. The van der Waals surface area contributed by atoms with Crippen molar-refractivity contribution in [2.75, 3.05) is 0 Å². The van der Waals surface area contributed by atoms with E-state index in [4.69, 9.17) is 4.52 Å². The molecule has 1 aromatic carbocycles. The second kappa shape index (κ2) is 4.34. The van der Waals surface area contributed by atoms with E-state index in [9.17, 15) is 0 Å². The van der Waals surface area contributed by atoms with Crippen molar-refractivity contribution in [1.29, 1.82) is 0 Å². The average molecular weight is 306 g/mol. The van der Waals surface area contributed by atoms with Crippen molar-refractivity contribution in [2.45, 2.75) is 6.92 Å². The van der Waals surface area contributed by atoms with Gasteiger partial charge in [0.2, 0.25) is 5.82 Å². The summed E-state index contributed by atoms with van der Waals surface area (Å²) < 4.78 is 6.24. The lowest BCUT2D eigenvalue weighted by atomic mass is 10.1. The van der Waals surface area contributed by atoms with Crippen molar-refractivity contribution >= 4 is 15.9 Å². The van der Waals surface area contributed by atoms with Gasteiger partial charge in [0.25, 0.3) is 5.89 Å².